The third-order valence-corrected chi connectivity index (χ3v) is 4.43. The molecular weight excluding hydrogens is 340 g/mol. The molecule has 0 radical (unpaired) electrons. The van der Waals surface area contributed by atoms with E-state index in [2.05, 4.69) is 20.5 Å². The average Bonchev–Trinajstić information content (AvgIpc) is 3.09. The standard InChI is InChI=1S/C21H22N4O2/c1-13-4-5-17(12-14(13)2)19(26)10-11-20(27)23-18-8-6-16(7-9-18)21-22-15(3)24-25-21/h4-9,12H,10-11H2,1-3H3,(H,23,27)(H,22,24,25). The summed E-state index contributed by atoms with van der Waals surface area (Å²) in [5, 5.41) is 9.72. The van der Waals surface area contributed by atoms with Crippen LogP contribution in [0.2, 0.25) is 0 Å². The Hall–Kier alpha value is -3.28. The minimum absolute atomic E-state index is 0.0245. The number of carbonyl (C=O) groups excluding carboxylic acids is 2. The number of nitrogens with one attached hydrogen (secondary N) is 2. The van der Waals surface area contributed by atoms with E-state index in [1.807, 2.05) is 51.1 Å². The molecule has 0 saturated carbocycles. The number of Topliss-reactive ketones (excluding diaryl/α,β-unsaturated/α-hetero) is 1. The van der Waals surface area contributed by atoms with Crippen molar-refractivity contribution in [2.24, 2.45) is 0 Å². The molecule has 6 nitrogen and oxygen atoms in total. The Morgan fingerprint density at radius 2 is 1.70 bits per heavy atom. The second-order valence-corrected chi connectivity index (χ2v) is 6.59. The predicted molar refractivity (Wildman–Crippen MR) is 105 cm³/mol. The first-order valence-electron chi connectivity index (χ1n) is 8.82. The van der Waals surface area contributed by atoms with Gasteiger partial charge in [-0.25, -0.2) is 4.98 Å². The van der Waals surface area contributed by atoms with E-state index >= 15 is 0 Å². The van der Waals surface area contributed by atoms with Crippen LogP contribution in [0, 0.1) is 20.8 Å². The van der Waals surface area contributed by atoms with Crippen LogP contribution in [0.15, 0.2) is 42.5 Å². The Kier molecular flexibility index (Phi) is 5.45. The normalized spacial score (nSPS) is 10.6. The second-order valence-electron chi connectivity index (χ2n) is 6.59. The molecule has 138 valence electrons. The number of aryl methyl sites for hydroxylation is 3. The Morgan fingerprint density at radius 3 is 2.33 bits per heavy atom. The molecule has 1 amide bonds. The van der Waals surface area contributed by atoms with Gasteiger partial charge in [-0.3, -0.25) is 14.7 Å². The van der Waals surface area contributed by atoms with Crippen LogP contribution in [0.3, 0.4) is 0 Å². The third kappa shape index (κ3) is 4.67. The van der Waals surface area contributed by atoms with E-state index < -0.39 is 0 Å². The summed E-state index contributed by atoms with van der Waals surface area (Å²) in [7, 11) is 0. The number of rotatable bonds is 6. The van der Waals surface area contributed by atoms with Gasteiger partial charge in [-0.05, 0) is 62.2 Å². The quantitative estimate of drug-likeness (QED) is 0.649. The van der Waals surface area contributed by atoms with Crippen LogP contribution in [0.5, 0.6) is 0 Å². The molecule has 6 heteroatoms. The van der Waals surface area contributed by atoms with Crippen LogP contribution in [-0.4, -0.2) is 26.9 Å². The van der Waals surface area contributed by atoms with Gasteiger partial charge in [0.15, 0.2) is 11.6 Å². The van der Waals surface area contributed by atoms with Crippen molar-refractivity contribution in [2.45, 2.75) is 33.6 Å². The van der Waals surface area contributed by atoms with Gasteiger partial charge in [0.05, 0.1) is 0 Å². The number of ketones is 1. The zero-order chi connectivity index (χ0) is 19.4. The van der Waals surface area contributed by atoms with Crippen LogP contribution >= 0.6 is 0 Å². The highest BCUT2D eigenvalue weighted by atomic mass is 16.2. The summed E-state index contributed by atoms with van der Waals surface area (Å²) in [5.41, 5.74) is 4.41. The minimum Gasteiger partial charge on any atom is -0.326 e. The number of anilines is 1. The molecule has 0 aliphatic heterocycles. The van der Waals surface area contributed by atoms with Gasteiger partial charge in [0.2, 0.25) is 5.91 Å². The number of nitrogens with zero attached hydrogens (tertiary/aromatic N) is 2. The van der Waals surface area contributed by atoms with Gasteiger partial charge < -0.3 is 5.32 Å². The molecule has 27 heavy (non-hydrogen) atoms. The molecule has 0 bridgehead atoms. The first-order chi connectivity index (χ1) is 12.9. The van der Waals surface area contributed by atoms with Gasteiger partial charge >= 0.3 is 0 Å². The lowest BCUT2D eigenvalue weighted by Gasteiger charge is -2.07. The lowest BCUT2D eigenvalue weighted by molar-refractivity contribution is -0.116. The molecule has 0 aliphatic rings. The SMILES string of the molecule is Cc1nc(-c2ccc(NC(=O)CCC(=O)c3ccc(C)c(C)c3)cc2)n[nH]1. The molecule has 3 rings (SSSR count). The van der Waals surface area contributed by atoms with E-state index in [-0.39, 0.29) is 24.5 Å². The van der Waals surface area contributed by atoms with Crippen molar-refractivity contribution in [1.29, 1.82) is 0 Å². The van der Waals surface area contributed by atoms with E-state index in [0.717, 1.165) is 22.5 Å². The fourth-order valence-electron chi connectivity index (χ4n) is 2.68. The van der Waals surface area contributed by atoms with Crippen molar-refractivity contribution in [3.63, 3.8) is 0 Å². The maximum Gasteiger partial charge on any atom is 0.224 e. The van der Waals surface area contributed by atoms with Gasteiger partial charge in [0.1, 0.15) is 5.82 Å². The lowest BCUT2D eigenvalue weighted by atomic mass is 10.0. The molecule has 0 spiro atoms. The summed E-state index contributed by atoms with van der Waals surface area (Å²) in [6.07, 6.45) is 0.330. The van der Waals surface area contributed by atoms with Gasteiger partial charge in [-0.1, -0.05) is 12.1 Å². The number of benzene rings is 2. The number of H-pyrrole nitrogens is 1. The van der Waals surface area contributed by atoms with Gasteiger partial charge in [-0.15, -0.1) is 0 Å². The smallest absolute Gasteiger partial charge is 0.224 e. The molecular formula is C21H22N4O2. The zero-order valence-electron chi connectivity index (χ0n) is 15.7. The van der Waals surface area contributed by atoms with Crippen molar-refractivity contribution < 1.29 is 9.59 Å². The number of aromatic nitrogens is 3. The van der Waals surface area contributed by atoms with Gasteiger partial charge in [0.25, 0.3) is 0 Å². The summed E-state index contributed by atoms with van der Waals surface area (Å²) in [6.45, 7) is 5.82. The van der Waals surface area contributed by atoms with Crippen molar-refractivity contribution in [1.82, 2.24) is 15.2 Å². The Bertz CT molecular complexity index is 974. The first kappa shape index (κ1) is 18.5. The molecule has 0 unspecified atom stereocenters. The Balaban J connectivity index is 1.54. The third-order valence-electron chi connectivity index (χ3n) is 4.43. The molecule has 0 atom stereocenters. The maximum absolute atomic E-state index is 12.3. The highest BCUT2D eigenvalue weighted by molar-refractivity contribution is 6.00. The van der Waals surface area contributed by atoms with Crippen molar-refractivity contribution in [3.8, 4) is 11.4 Å². The fraction of sp³-hybridized carbons (Fsp3) is 0.238. The van der Waals surface area contributed by atoms with E-state index in [4.69, 9.17) is 0 Å². The summed E-state index contributed by atoms with van der Waals surface area (Å²) >= 11 is 0. The number of amides is 1. The molecule has 3 aromatic rings. The summed E-state index contributed by atoms with van der Waals surface area (Å²) in [5.74, 6) is 1.15. The number of aromatic amines is 1. The largest absolute Gasteiger partial charge is 0.326 e. The van der Waals surface area contributed by atoms with Crippen molar-refractivity contribution in [2.75, 3.05) is 5.32 Å². The van der Waals surface area contributed by atoms with Crippen LogP contribution in [-0.2, 0) is 4.79 Å². The summed E-state index contributed by atoms with van der Waals surface area (Å²) < 4.78 is 0. The van der Waals surface area contributed by atoms with Crippen LogP contribution in [0.4, 0.5) is 5.69 Å². The summed E-state index contributed by atoms with van der Waals surface area (Å²) in [6, 6.07) is 12.9. The van der Waals surface area contributed by atoms with Crippen LogP contribution in [0.25, 0.3) is 11.4 Å². The lowest BCUT2D eigenvalue weighted by Crippen LogP contribution is -2.13. The monoisotopic (exact) mass is 362 g/mol. The second kappa shape index (κ2) is 7.95. The van der Waals surface area contributed by atoms with Crippen molar-refractivity contribution in [3.05, 3.63) is 65.0 Å². The molecule has 0 saturated heterocycles. The minimum atomic E-state index is -0.186. The zero-order valence-corrected chi connectivity index (χ0v) is 15.7. The molecule has 1 heterocycles. The van der Waals surface area contributed by atoms with E-state index in [1.165, 1.54) is 0 Å². The van der Waals surface area contributed by atoms with E-state index in [9.17, 15) is 9.59 Å². The summed E-state index contributed by atoms with van der Waals surface area (Å²) in [4.78, 5) is 28.7. The Morgan fingerprint density at radius 1 is 0.963 bits per heavy atom. The highest BCUT2D eigenvalue weighted by Gasteiger charge is 2.11. The van der Waals surface area contributed by atoms with Crippen molar-refractivity contribution >= 4 is 17.4 Å². The number of carbonyl (C=O) groups is 2. The average molecular weight is 362 g/mol. The van der Waals surface area contributed by atoms with Gasteiger partial charge in [-0.2, -0.15) is 5.10 Å². The van der Waals surface area contributed by atoms with Crippen LogP contribution in [0.1, 0.15) is 40.2 Å². The molecule has 2 aromatic carbocycles. The molecule has 0 fully saturated rings. The Labute approximate surface area is 158 Å². The fourth-order valence-corrected chi connectivity index (χ4v) is 2.68. The highest BCUT2D eigenvalue weighted by Crippen LogP contribution is 2.18. The number of hydrogen-bond acceptors (Lipinski definition) is 4. The maximum atomic E-state index is 12.3. The van der Waals surface area contributed by atoms with Crippen LogP contribution < -0.4 is 5.32 Å². The predicted octanol–water partition coefficient (Wildman–Crippen LogP) is 4.00. The topological polar surface area (TPSA) is 87.7 Å². The van der Waals surface area contributed by atoms with E-state index in [0.29, 0.717) is 17.1 Å². The molecule has 0 aliphatic carbocycles. The van der Waals surface area contributed by atoms with E-state index in [1.54, 1.807) is 12.1 Å². The van der Waals surface area contributed by atoms with Gasteiger partial charge in [0, 0.05) is 29.7 Å². The molecule has 2 N–H and O–H groups in total. The first-order valence-corrected chi connectivity index (χ1v) is 8.82. The number of hydrogen-bond donors (Lipinski definition) is 2. The molecule has 1 aromatic heterocycles.